The second-order valence-corrected chi connectivity index (χ2v) is 8.62. The van der Waals surface area contributed by atoms with Gasteiger partial charge in [0.25, 0.3) is 0 Å². The second-order valence-electron chi connectivity index (χ2n) is 8.62. The first-order valence-electron chi connectivity index (χ1n) is 9.55. The molecule has 0 aliphatic heterocycles. The van der Waals surface area contributed by atoms with E-state index in [-0.39, 0.29) is 5.75 Å². The van der Waals surface area contributed by atoms with E-state index in [9.17, 15) is 10.2 Å². The summed E-state index contributed by atoms with van der Waals surface area (Å²) in [5, 5.41) is 29.8. The summed E-state index contributed by atoms with van der Waals surface area (Å²) in [5.74, 6) is 0.157. The number of phenols is 1. The molecule has 0 atom stereocenters. The summed E-state index contributed by atoms with van der Waals surface area (Å²) < 4.78 is 5.99. The number of hydrogen-bond acceptors (Lipinski definition) is 5. The largest absolute Gasteiger partial charge is 0.505 e. The molecule has 3 rings (SSSR count). The van der Waals surface area contributed by atoms with E-state index in [1.54, 1.807) is 13.8 Å². The topological polar surface area (TPSA) is 80.4 Å². The van der Waals surface area contributed by atoms with Crippen LogP contribution in [0.1, 0.15) is 45.2 Å². The van der Waals surface area contributed by atoms with Crippen LogP contribution in [0.25, 0.3) is 16.7 Å². The Morgan fingerprint density at radius 1 is 1.04 bits per heavy atom. The Balaban J connectivity index is 1.86. The fourth-order valence-electron chi connectivity index (χ4n) is 3.17. The molecule has 150 valence electrons. The van der Waals surface area contributed by atoms with Gasteiger partial charge >= 0.3 is 0 Å². The molecule has 0 aliphatic carbocycles. The number of benzene rings is 2. The summed E-state index contributed by atoms with van der Waals surface area (Å²) in [4.78, 5) is 1.48. The molecule has 3 aromatic rings. The number of ether oxygens (including phenoxy) is 1. The summed E-state index contributed by atoms with van der Waals surface area (Å²) >= 11 is 0. The lowest BCUT2D eigenvalue weighted by atomic mass is 9.95. The number of rotatable bonds is 7. The van der Waals surface area contributed by atoms with E-state index in [4.69, 9.17) is 4.74 Å². The molecule has 2 aromatic carbocycles. The number of phenolic OH excluding ortho intramolecular Hbond substituents is 1. The van der Waals surface area contributed by atoms with Crippen molar-refractivity contribution in [1.29, 1.82) is 0 Å². The molecule has 0 radical (unpaired) electrons. The van der Waals surface area contributed by atoms with Gasteiger partial charge in [0.1, 0.15) is 22.5 Å². The normalized spacial score (nSPS) is 12.6. The van der Waals surface area contributed by atoms with Crippen molar-refractivity contribution in [3.8, 4) is 11.4 Å². The standard InChI is InChI=1S/C22H29N3O3/c1-15-12-16(14-22(4,5)28-11-10-21(2,3)27)20(26)19(13-15)25-23-17-8-6-7-9-18(17)24-25/h6-9,12-13,26-27H,10-11,14H2,1-5H3. The predicted octanol–water partition coefficient (Wildman–Crippen LogP) is 3.93. The van der Waals surface area contributed by atoms with Crippen LogP contribution >= 0.6 is 0 Å². The summed E-state index contributed by atoms with van der Waals surface area (Å²) in [5.41, 5.74) is 2.65. The van der Waals surface area contributed by atoms with Crippen molar-refractivity contribution in [2.24, 2.45) is 0 Å². The molecule has 0 saturated carbocycles. The highest BCUT2D eigenvalue weighted by Crippen LogP contribution is 2.31. The van der Waals surface area contributed by atoms with Crippen LogP contribution in [-0.4, -0.2) is 43.0 Å². The Kier molecular flexibility index (Phi) is 5.46. The van der Waals surface area contributed by atoms with E-state index in [1.807, 2.05) is 57.2 Å². The smallest absolute Gasteiger partial charge is 0.146 e. The highest BCUT2D eigenvalue weighted by atomic mass is 16.5. The molecule has 0 bridgehead atoms. The summed E-state index contributed by atoms with van der Waals surface area (Å²) in [7, 11) is 0. The highest BCUT2D eigenvalue weighted by Gasteiger charge is 2.24. The number of fused-ring (bicyclic) bond motifs is 1. The monoisotopic (exact) mass is 383 g/mol. The minimum Gasteiger partial charge on any atom is -0.505 e. The van der Waals surface area contributed by atoms with Gasteiger partial charge in [0.15, 0.2) is 0 Å². The Morgan fingerprint density at radius 2 is 1.64 bits per heavy atom. The number of nitrogens with zero attached hydrogens (tertiary/aromatic N) is 3. The molecule has 6 nitrogen and oxygen atoms in total. The maximum absolute atomic E-state index is 10.9. The Morgan fingerprint density at radius 3 is 2.21 bits per heavy atom. The van der Waals surface area contributed by atoms with Crippen LogP contribution in [-0.2, 0) is 11.2 Å². The second kappa shape index (κ2) is 7.53. The van der Waals surface area contributed by atoms with Crippen molar-refractivity contribution in [2.45, 2.75) is 58.7 Å². The molecular formula is C22H29N3O3. The molecule has 0 saturated heterocycles. The minimum atomic E-state index is -0.761. The Hall–Kier alpha value is -2.44. The van der Waals surface area contributed by atoms with Crippen molar-refractivity contribution in [3.05, 3.63) is 47.5 Å². The van der Waals surface area contributed by atoms with E-state index in [0.717, 1.165) is 22.2 Å². The number of aliphatic hydroxyl groups is 1. The van der Waals surface area contributed by atoms with Crippen LogP contribution < -0.4 is 0 Å². The molecule has 6 heteroatoms. The zero-order chi connectivity index (χ0) is 20.5. The number of aromatic hydroxyl groups is 1. The van der Waals surface area contributed by atoms with Crippen LogP contribution in [0.4, 0.5) is 0 Å². The first-order chi connectivity index (χ1) is 13.0. The van der Waals surface area contributed by atoms with Crippen LogP contribution in [0.5, 0.6) is 5.75 Å². The molecule has 0 spiro atoms. The average Bonchev–Trinajstić information content (AvgIpc) is 3.00. The third-order valence-corrected chi connectivity index (χ3v) is 4.64. The van der Waals surface area contributed by atoms with Gasteiger partial charge < -0.3 is 14.9 Å². The predicted molar refractivity (Wildman–Crippen MR) is 110 cm³/mol. The van der Waals surface area contributed by atoms with Gasteiger partial charge in [-0.15, -0.1) is 15.0 Å². The van der Waals surface area contributed by atoms with Crippen molar-refractivity contribution in [2.75, 3.05) is 6.61 Å². The quantitative estimate of drug-likeness (QED) is 0.646. The van der Waals surface area contributed by atoms with Gasteiger partial charge in [-0.2, -0.15) is 0 Å². The molecule has 1 heterocycles. The molecule has 2 N–H and O–H groups in total. The number of aryl methyl sites for hydroxylation is 1. The van der Waals surface area contributed by atoms with Crippen molar-refractivity contribution < 1.29 is 14.9 Å². The van der Waals surface area contributed by atoms with Crippen molar-refractivity contribution in [1.82, 2.24) is 15.0 Å². The molecule has 0 unspecified atom stereocenters. The highest BCUT2D eigenvalue weighted by molar-refractivity contribution is 5.73. The van der Waals surface area contributed by atoms with E-state index in [0.29, 0.717) is 25.1 Å². The van der Waals surface area contributed by atoms with Crippen LogP contribution in [0.15, 0.2) is 36.4 Å². The maximum Gasteiger partial charge on any atom is 0.146 e. The lowest BCUT2D eigenvalue weighted by molar-refractivity contribution is -0.0455. The minimum absolute atomic E-state index is 0.157. The van der Waals surface area contributed by atoms with Crippen molar-refractivity contribution in [3.63, 3.8) is 0 Å². The maximum atomic E-state index is 10.9. The van der Waals surface area contributed by atoms with Crippen molar-refractivity contribution >= 4 is 11.0 Å². The third-order valence-electron chi connectivity index (χ3n) is 4.64. The van der Waals surface area contributed by atoms with Gasteiger partial charge in [-0.1, -0.05) is 18.2 Å². The van der Waals surface area contributed by atoms with Crippen LogP contribution in [0.2, 0.25) is 0 Å². The van der Waals surface area contributed by atoms with E-state index in [2.05, 4.69) is 10.2 Å². The van der Waals surface area contributed by atoms with E-state index >= 15 is 0 Å². The first-order valence-corrected chi connectivity index (χ1v) is 9.55. The molecule has 1 aromatic heterocycles. The SMILES string of the molecule is Cc1cc(CC(C)(C)OCCC(C)(C)O)c(O)c(-n2nc3ccccc3n2)c1. The van der Waals surface area contributed by atoms with Gasteiger partial charge in [0.2, 0.25) is 0 Å². The van der Waals surface area contributed by atoms with Crippen LogP contribution in [0, 0.1) is 6.92 Å². The lowest BCUT2D eigenvalue weighted by Gasteiger charge is -2.28. The third kappa shape index (κ3) is 4.88. The average molecular weight is 383 g/mol. The van der Waals surface area contributed by atoms with Gasteiger partial charge in [0.05, 0.1) is 17.8 Å². The summed E-state index contributed by atoms with van der Waals surface area (Å²) in [6.45, 7) is 9.94. The molecule has 28 heavy (non-hydrogen) atoms. The number of hydrogen-bond donors (Lipinski definition) is 2. The molecule has 0 fully saturated rings. The van der Waals surface area contributed by atoms with Crippen LogP contribution in [0.3, 0.4) is 0 Å². The Bertz CT molecular complexity index is 938. The van der Waals surface area contributed by atoms with Gasteiger partial charge in [-0.05, 0) is 70.4 Å². The zero-order valence-corrected chi connectivity index (χ0v) is 17.2. The van der Waals surface area contributed by atoms with Gasteiger partial charge in [-0.25, -0.2) is 0 Å². The Labute approximate surface area is 165 Å². The molecular weight excluding hydrogens is 354 g/mol. The first kappa shape index (κ1) is 20.3. The summed E-state index contributed by atoms with van der Waals surface area (Å²) in [6, 6.07) is 11.5. The van der Waals surface area contributed by atoms with E-state index in [1.165, 1.54) is 4.80 Å². The van der Waals surface area contributed by atoms with Gasteiger partial charge in [-0.3, -0.25) is 0 Å². The molecule has 0 aliphatic rings. The molecule has 0 amide bonds. The number of aromatic nitrogens is 3. The van der Waals surface area contributed by atoms with E-state index < -0.39 is 11.2 Å². The lowest BCUT2D eigenvalue weighted by Crippen LogP contribution is -2.31. The fraction of sp³-hybridized carbons (Fsp3) is 0.455. The van der Waals surface area contributed by atoms with Gasteiger partial charge in [0, 0.05) is 6.42 Å². The zero-order valence-electron chi connectivity index (χ0n) is 17.2. The summed E-state index contributed by atoms with van der Waals surface area (Å²) in [6.07, 6.45) is 1.07. The fourth-order valence-corrected chi connectivity index (χ4v) is 3.17.